The number of piperazine rings is 1. The first-order chi connectivity index (χ1) is 14.5. The van der Waals surface area contributed by atoms with E-state index in [-0.39, 0.29) is 11.8 Å². The number of hydrogen-bond donors (Lipinski definition) is 2. The van der Waals surface area contributed by atoms with Crippen molar-refractivity contribution in [3.8, 4) is 0 Å². The largest absolute Gasteiger partial charge is 0.350 e. The van der Waals surface area contributed by atoms with E-state index in [1.54, 1.807) is 0 Å². The van der Waals surface area contributed by atoms with Gasteiger partial charge in [-0.05, 0) is 23.3 Å². The van der Waals surface area contributed by atoms with E-state index in [2.05, 4.69) is 44.0 Å². The van der Waals surface area contributed by atoms with Gasteiger partial charge in [0.2, 0.25) is 11.8 Å². The van der Waals surface area contributed by atoms with Gasteiger partial charge in [0.25, 0.3) is 0 Å². The number of benzene rings is 2. The number of fused-ring (bicyclic) bond motifs is 2. The van der Waals surface area contributed by atoms with Gasteiger partial charge in [-0.2, -0.15) is 0 Å². The quantitative estimate of drug-likeness (QED) is 0.553. The Kier molecular flexibility index (Phi) is 4.35. The molecule has 6 nitrogen and oxygen atoms in total. The maximum atomic E-state index is 12.8. The van der Waals surface area contributed by atoms with Crippen LogP contribution in [0.15, 0.2) is 60.9 Å². The number of para-hydroxylation sites is 2. The Labute approximate surface area is 174 Å². The molecular formula is C24H24N4O2. The summed E-state index contributed by atoms with van der Waals surface area (Å²) in [5.74, 6) is -0.263. The van der Waals surface area contributed by atoms with Crippen molar-refractivity contribution in [1.82, 2.24) is 19.8 Å². The lowest BCUT2D eigenvalue weighted by molar-refractivity contribution is -0.136. The van der Waals surface area contributed by atoms with E-state index in [0.717, 1.165) is 32.9 Å². The molecule has 4 aromatic rings. The summed E-state index contributed by atoms with van der Waals surface area (Å²) in [4.78, 5) is 25.6. The normalized spacial score (nSPS) is 19.3. The minimum absolute atomic E-state index is 0.132. The maximum Gasteiger partial charge on any atom is 0.243 e. The molecule has 0 spiro atoms. The molecule has 30 heavy (non-hydrogen) atoms. The summed E-state index contributed by atoms with van der Waals surface area (Å²) in [5, 5.41) is 8.12. The molecule has 1 aliphatic heterocycles. The molecule has 5 rings (SSSR count). The predicted octanol–water partition coefficient (Wildman–Crippen LogP) is 2.44. The lowest BCUT2D eigenvalue weighted by Gasteiger charge is -2.29. The number of carbonyl (C=O) groups is 2. The van der Waals surface area contributed by atoms with Crippen molar-refractivity contribution in [3.63, 3.8) is 0 Å². The molecule has 2 aromatic carbocycles. The number of aromatic nitrogens is 2. The minimum atomic E-state index is -0.563. The molecule has 0 unspecified atom stereocenters. The summed E-state index contributed by atoms with van der Waals surface area (Å²) in [7, 11) is 3.98. The Morgan fingerprint density at radius 1 is 0.700 bits per heavy atom. The highest BCUT2D eigenvalue weighted by molar-refractivity contribution is 5.98. The first-order valence-corrected chi connectivity index (χ1v) is 10.2. The highest BCUT2D eigenvalue weighted by atomic mass is 16.2. The first kappa shape index (κ1) is 18.5. The average Bonchev–Trinajstić information content (AvgIpc) is 3.23. The van der Waals surface area contributed by atoms with Crippen LogP contribution in [0, 0.1) is 0 Å². The Bertz CT molecular complexity index is 1180. The molecule has 2 N–H and O–H groups in total. The molecule has 1 fully saturated rings. The number of aryl methyl sites for hydroxylation is 2. The van der Waals surface area contributed by atoms with E-state index in [1.165, 1.54) is 0 Å². The third-order valence-electron chi connectivity index (χ3n) is 6.07. The molecule has 3 heterocycles. The van der Waals surface area contributed by atoms with Crippen LogP contribution in [0.3, 0.4) is 0 Å². The fourth-order valence-corrected chi connectivity index (χ4v) is 4.58. The zero-order valence-electron chi connectivity index (χ0n) is 17.1. The molecule has 0 aliphatic carbocycles. The Morgan fingerprint density at radius 3 is 1.53 bits per heavy atom. The van der Waals surface area contributed by atoms with Gasteiger partial charge < -0.3 is 19.8 Å². The minimum Gasteiger partial charge on any atom is -0.350 e. The van der Waals surface area contributed by atoms with E-state index in [1.807, 2.05) is 50.8 Å². The number of nitrogens with zero attached hydrogens (tertiary/aromatic N) is 2. The monoisotopic (exact) mass is 400 g/mol. The lowest BCUT2D eigenvalue weighted by atomic mass is 9.98. The molecule has 0 saturated carbocycles. The molecule has 152 valence electrons. The fourth-order valence-electron chi connectivity index (χ4n) is 4.58. The summed E-state index contributed by atoms with van der Waals surface area (Å²) < 4.78 is 4.10. The van der Waals surface area contributed by atoms with Crippen molar-refractivity contribution in [1.29, 1.82) is 0 Å². The summed E-state index contributed by atoms with van der Waals surface area (Å²) in [6.07, 6.45) is 5.01. The summed E-state index contributed by atoms with van der Waals surface area (Å²) in [5.41, 5.74) is 4.34. The molecule has 1 aliphatic rings. The molecule has 1 saturated heterocycles. The van der Waals surface area contributed by atoms with E-state index >= 15 is 0 Å². The molecule has 2 atom stereocenters. The van der Waals surface area contributed by atoms with Crippen LogP contribution in [0.1, 0.15) is 11.1 Å². The van der Waals surface area contributed by atoms with Crippen LogP contribution in [0.25, 0.3) is 21.8 Å². The van der Waals surface area contributed by atoms with Gasteiger partial charge in [-0.15, -0.1) is 0 Å². The standard InChI is InChI=1S/C24H24N4O2/c1-27-13-15(17-7-3-5-9-21(17)27)11-19-23(29)26-20(24(30)25-19)12-16-14-28(2)22-10-6-4-8-18(16)22/h3-10,13-14,19-20H,11-12H2,1-2H3,(H,25,30)(H,26,29)/t19-,20-/m0/s1. The predicted molar refractivity (Wildman–Crippen MR) is 117 cm³/mol. The molecule has 0 bridgehead atoms. The van der Waals surface area contributed by atoms with Crippen molar-refractivity contribution in [2.75, 3.05) is 0 Å². The molecule has 2 amide bonds. The second-order valence-corrected chi connectivity index (χ2v) is 8.10. The SMILES string of the molecule is Cn1cc(C[C@@H]2NC(=O)[C@H](Cc3cn(C)c4ccccc34)NC2=O)c2ccccc21. The smallest absolute Gasteiger partial charge is 0.243 e. The zero-order valence-corrected chi connectivity index (χ0v) is 17.1. The van der Waals surface area contributed by atoms with Crippen molar-refractivity contribution < 1.29 is 9.59 Å². The molecule has 2 aromatic heterocycles. The number of carbonyl (C=O) groups excluding carboxylic acids is 2. The van der Waals surface area contributed by atoms with Gasteiger partial charge in [-0.1, -0.05) is 36.4 Å². The van der Waals surface area contributed by atoms with E-state index in [9.17, 15) is 9.59 Å². The Balaban J connectivity index is 1.34. The third kappa shape index (κ3) is 3.05. The highest BCUT2D eigenvalue weighted by Crippen LogP contribution is 2.24. The van der Waals surface area contributed by atoms with Crippen LogP contribution in [0.5, 0.6) is 0 Å². The van der Waals surface area contributed by atoms with Gasteiger partial charge in [-0.3, -0.25) is 9.59 Å². The molecular weight excluding hydrogens is 376 g/mol. The fraction of sp³-hybridized carbons (Fsp3) is 0.250. The van der Waals surface area contributed by atoms with Gasteiger partial charge in [0.1, 0.15) is 12.1 Å². The molecule has 6 heteroatoms. The van der Waals surface area contributed by atoms with Gasteiger partial charge >= 0.3 is 0 Å². The Morgan fingerprint density at radius 2 is 1.10 bits per heavy atom. The van der Waals surface area contributed by atoms with Crippen LogP contribution >= 0.6 is 0 Å². The summed E-state index contributed by atoms with van der Waals surface area (Å²) in [6, 6.07) is 15.1. The average molecular weight is 400 g/mol. The van der Waals surface area contributed by atoms with Gasteiger partial charge in [-0.25, -0.2) is 0 Å². The van der Waals surface area contributed by atoms with Gasteiger partial charge in [0.15, 0.2) is 0 Å². The summed E-state index contributed by atoms with van der Waals surface area (Å²) >= 11 is 0. The second-order valence-electron chi connectivity index (χ2n) is 8.10. The third-order valence-corrected chi connectivity index (χ3v) is 6.07. The van der Waals surface area contributed by atoms with Crippen molar-refractivity contribution in [2.24, 2.45) is 14.1 Å². The number of amides is 2. The maximum absolute atomic E-state index is 12.8. The van der Waals surface area contributed by atoms with E-state index < -0.39 is 12.1 Å². The van der Waals surface area contributed by atoms with Crippen LogP contribution in [-0.4, -0.2) is 33.0 Å². The molecule has 0 radical (unpaired) electrons. The summed E-state index contributed by atoms with van der Waals surface area (Å²) in [6.45, 7) is 0. The van der Waals surface area contributed by atoms with Gasteiger partial charge in [0, 0.05) is 61.1 Å². The lowest BCUT2D eigenvalue weighted by Crippen LogP contribution is -2.62. The Hall–Kier alpha value is -3.54. The van der Waals surface area contributed by atoms with E-state index in [4.69, 9.17) is 0 Å². The van der Waals surface area contributed by atoms with Crippen LogP contribution in [-0.2, 0) is 36.5 Å². The van der Waals surface area contributed by atoms with Crippen LogP contribution in [0.4, 0.5) is 0 Å². The first-order valence-electron chi connectivity index (χ1n) is 10.2. The van der Waals surface area contributed by atoms with Crippen molar-refractivity contribution >= 4 is 33.6 Å². The second kappa shape index (κ2) is 7.06. The highest BCUT2D eigenvalue weighted by Gasteiger charge is 2.34. The van der Waals surface area contributed by atoms with Gasteiger partial charge in [0.05, 0.1) is 0 Å². The zero-order chi connectivity index (χ0) is 20.8. The van der Waals surface area contributed by atoms with Crippen molar-refractivity contribution in [3.05, 3.63) is 72.1 Å². The van der Waals surface area contributed by atoms with Crippen molar-refractivity contribution in [2.45, 2.75) is 24.9 Å². The van der Waals surface area contributed by atoms with Crippen LogP contribution < -0.4 is 10.6 Å². The topological polar surface area (TPSA) is 68.1 Å². The van der Waals surface area contributed by atoms with Crippen LogP contribution in [0.2, 0.25) is 0 Å². The van der Waals surface area contributed by atoms with E-state index in [0.29, 0.717) is 12.8 Å². The number of rotatable bonds is 4. The number of hydrogen-bond acceptors (Lipinski definition) is 2. The number of nitrogens with one attached hydrogen (secondary N) is 2.